The second-order valence-corrected chi connectivity index (χ2v) is 7.44. The van der Waals surface area contributed by atoms with Crippen molar-refractivity contribution >= 4 is 11.9 Å². The zero-order valence-electron chi connectivity index (χ0n) is 18.0. The Balaban J connectivity index is 1.69. The van der Waals surface area contributed by atoms with E-state index in [1.807, 2.05) is 54.6 Å². The van der Waals surface area contributed by atoms with Crippen molar-refractivity contribution in [3.05, 3.63) is 136 Å². The van der Waals surface area contributed by atoms with Gasteiger partial charge in [0.1, 0.15) is 11.4 Å². The van der Waals surface area contributed by atoms with Crippen molar-refractivity contribution in [1.29, 1.82) is 0 Å². The summed E-state index contributed by atoms with van der Waals surface area (Å²) in [7, 11) is 0. The molecule has 166 valence electrons. The highest BCUT2D eigenvalue weighted by atomic mass is 16.6. The van der Waals surface area contributed by atoms with Gasteiger partial charge in [0.15, 0.2) is 0 Å². The Labute approximate surface area is 191 Å². The second kappa shape index (κ2) is 9.93. The molecule has 1 aromatic heterocycles. The molecular weight excluding hydrogens is 416 g/mol. The molecule has 2 N–H and O–H groups in total. The molecule has 0 atom stereocenters. The van der Waals surface area contributed by atoms with Gasteiger partial charge >= 0.3 is 0 Å². The van der Waals surface area contributed by atoms with E-state index in [0.29, 0.717) is 24.5 Å². The Hall–Kier alpha value is -4.23. The number of benzene rings is 3. The van der Waals surface area contributed by atoms with Gasteiger partial charge in [0.05, 0.1) is 24.3 Å². The SMILES string of the molecule is Nc1c(C=C[N+](=O)[O-])cnn1CCOC(c1ccccc1)(c1ccccc1)c1ccccc1. The fourth-order valence-electron chi connectivity index (χ4n) is 3.91. The van der Waals surface area contributed by atoms with E-state index in [1.54, 1.807) is 4.68 Å². The largest absolute Gasteiger partial charge is 0.383 e. The minimum absolute atomic E-state index is 0.308. The second-order valence-electron chi connectivity index (χ2n) is 7.44. The Bertz CT molecular complexity index is 1130. The molecule has 33 heavy (non-hydrogen) atoms. The number of nitro groups is 1. The number of hydrogen-bond acceptors (Lipinski definition) is 5. The van der Waals surface area contributed by atoms with Crippen LogP contribution in [0.15, 0.2) is 103 Å². The van der Waals surface area contributed by atoms with Crippen LogP contribution in [-0.2, 0) is 16.9 Å². The maximum Gasteiger partial charge on any atom is 0.235 e. The van der Waals surface area contributed by atoms with Crippen LogP contribution in [0.25, 0.3) is 6.08 Å². The molecule has 0 unspecified atom stereocenters. The van der Waals surface area contributed by atoms with E-state index < -0.39 is 10.5 Å². The van der Waals surface area contributed by atoms with Crippen LogP contribution in [0.5, 0.6) is 0 Å². The highest BCUT2D eigenvalue weighted by Crippen LogP contribution is 2.40. The van der Waals surface area contributed by atoms with Gasteiger partial charge in [-0.3, -0.25) is 10.1 Å². The Morgan fingerprint density at radius 1 is 0.909 bits per heavy atom. The molecule has 0 radical (unpaired) electrons. The molecule has 0 bridgehead atoms. The molecule has 0 aliphatic carbocycles. The maximum atomic E-state index is 10.6. The third-order valence-corrected chi connectivity index (χ3v) is 5.45. The molecule has 0 saturated carbocycles. The first-order valence-electron chi connectivity index (χ1n) is 10.5. The quantitative estimate of drug-likeness (QED) is 0.231. The summed E-state index contributed by atoms with van der Waals surface area (Å²) in [6.45, 7) is 0.690. The molecule has 4 aromatic rings. The number of hydrogen-bond donors (Lipinski definition) is 1. The number of nitrogen functional groups attached to an aromatic ring is 1. The van der Waals surface area contributed by atoms with Gasteiger partial charge in [-0.15, -0.1) is 0 Å². The molecule has 3 aromatic carbocycles. The van der Waals surface area contributed by atoms with Crippen LogP contribution in [0, 0.1) is 10.1 Å². The normalized spacial score (nSPS) is 11.6. The Kier molecular flexibility index (Phi) is 6.61. The summed E-state index contributed by atoms with van der Waals surface area (Å²) >= 11 is 0. The zero-order chi connectivity index (χ0) is 23.1. The molecular formula is C26H24N4O3. The number of anilines is 1. The van der Waals surface area contributed by atoms with E-state index in [-0.39, 0.29) is 0 Å². The molecule has 1 heterocycles. The molecule has 0 fully saturated rings. The predicted molar refractivity (Wildman–Crippen MR) is 128 cm³/mol. The third-order valence-electron chi connectivity index (χ3n) is 5.45. The van der Waals surface area contributed by atoms with Gasteiger partial charge in [0.25, 0.3) is 0 Å². The lowest BCUT2D eigenvalue weighted by atomic mass is 9.80. The number of nitrogens with two attached hydrogens (primary N) is 1. The average molecular weight is 441 g/mol. The zero-order valence-corrected chi connectivity index (χ0v) is 18.0. The topological polar surface area (TPSA) is 96.2 Å². The van der Waals surface area contributed by atoms with E-state index >= 15 is 0 Å². The molecule has 0 saturated heterocycles. The molecule has 0 aliphatic heterocycles. The van der Waals surface area contributed by atoms with Crippen LogP contribution >= 0.6 is 0 Å². The lowest BCUT2D eigenvalue weighted by Gasteiger charge is -2.36. The summed E-state index contributed by atoms with van der Waals surface area (Å²) in [5, 5.41) is 14.9. The molecule has 7 nitrogen and oxygen atoms in total. The standard InChI is InChI=1S/C26H24N4O3/c27-25-21(16-17-30(31)32)20-28-29(25)18-19-33-26(22-10-4-1-5-11-22,23-12-6-2-7-13-23)24-14-8-3-9-15-24/h1-17,20H,18-19,27H2. The van der Waals surface area contributed by atoms with Gasteiger partial charge < -0.3 is 10.5 Å². The van der Waals surface area contributed by atoms with Crippen LogP contribution in [0.1, 0.15) is 22.3 Å². The Morgan fingerprint density at radius 2 is 1.39 bits per heavy atom. The predicted octanol–water partition coefficient (Wildman–Crippen LogP) is 4.72. The lowest BCUT2D eigenvalue weighted by molar-refractivity contribution is -0.400. The molecule has 4 rings (SSSR count). The van der Waals surface area contributed by atoms with Crippen LogP contribution in [0.4, 0.5) is 5.82 Å². The smallest absolute Gasteiger partial charge is 0.235 e. The highest BCUT2D eigenvalue weighted by Gasteiger charge is 2.37. The van der Waals surface area contributed by atoms with E-state index in [2.05, 4.69) is 41.5 Å². The third kappa shape index (κ3) is 4.68. The van der Waals surface area contributed by atoms with Gasteiger partial charge in [-0.2, -0.15) is 5.10 Å². The summed E-state index contributed by atoms with van der Waals surface area (Å²) in [5.74, 6) is 0.349. The monoisotopic (exact) mass is 440 g/mol. The lowest BCUT2D eigenvalue weighted by Crippen LogP contribution is -2.34. The molecule has 0 spiro atoms. The number of rotatable bonds is 9. The summed E-state index contributed by atoms with van der Waals surface area (Å²) in [4.78, 5) is 10.1. The molecule has 0 aliphatic rings. The van der Waals surface area contributed by atoms with Crippen molar-refractivity contribution in [2.24, 2.45) is 0 Å². The van der Waals surface area contributed by atoms with Gasteiger partial charge in [-0.25, -0.2) is 4.68 Å². The molecule has 7 heteroatoms. The Morgan fingerprint density at radius 3 is 1.85 bits per heavy atom. The summed E-state index contributed by atoms with van der Waals surface area (Å²) in [5.41, 5.74) is 8.82. The van der Waals surface area contributed by atoms with Crippen LogP contribution < -0.4 is 5.73 Å². The number of ether oxygens (including phenoxy) is 1. The molecule has 0 amide bonds. The van der Waals surface area contributed by atoms with Crippen molar-refractivity contribution in [2.45, 2.75) is 12.1 Å². The van der Waals surface area contributed by atoms with Crippen molar-refractivity contribution < 1.29 is 9.66 Å². The average Bonchev–Trinajstić information content (AvgIpc) is 3.21. The van der Waals surface area contributed by atoms with Gasteiger partial charge in [0, 0.05) is 11.6 Å². The van der Waals surface area contributed by atoms with E-state index in [0.717, 1.165) is 22.9 Å². The summed E-state index contributed by atoms with van der Waals surface area (Å²) in [6.07, 6.45) is 3.69. The van der Waals surface area contributed by atoms with Crippen LogP contribution in [-0.4, -0.2) is 21.3 Å². The van der Waals surface area contributed by atoms with E-state index in [4.69, 9.17) is 10.5 Å². The number of aromatic nitrogens is 2. The van der Waals surface area contributed by atoms with Crippen molar-refractivity contribution in [1.82, 2.24) is 9.78 Å². The van der Waals surface area contributed by atoms with Crippen molar-refractivity contribution in [3.8, 4) is 0 Å². The van der Waals surface area contributed by atoms with E-state index in [9.17, 15) is 10.1 Å². The summed E-state index contributed by atoms with van der Waals surface area (Å²) in [6, 6.07) is 30.3. The first-order valence-corrected chi connectivity index (χ1v) is 10.5. The maximum absolute atomic E-state index is 10.6. The fourth-order valence-corrected chi connectivity index (χ4v) is 3.91. The van der Waals surface area contributed by atoms with Gasteiger partial charge in [-0.1, -0.05) is 91.0 Å². The summed E-state index contributed by atoms with van der Waals surface area (Å²) < 4.78 is 8.30. The van der Waals surface area contributed by atoms with E-state index in [1.165, 1.54) is 12.3 Å². The highest BCUT2D eigenvalue weighted by molar-refractivity contribution is 5.59. The first kappa shape index (κ1) is 22.0. The van der Waals surface area contributed by atoms with Crippen LogP contribution in [0.2, 0.25) is 0 Å². The van der Waals surface area contributed by atoms with Crippen molar-refractivity contribution in [3.63, 3.8) is 0 Å². The minimum Gasteiger partial charge on any atom is -0.383 e. The van der Waals surface area contributed by atoms with Gasteiger partial charge in [-0.05, 0) is 16.7 Å². The minimum atomic E-state index is -0.833. The first-order chi connectivity index (χ1) is 16.1. The number of nitrogens with zero attached hydrogens (tertiary/aromatic N) is 3. The van der Waals surface area contributed by atoms with Crippen molar-refractivity contribution in [2.75, 3.05) is 12.3 Å². The fraction of sp³-hybridized carbons (Fsp3) is 0.115. The van der Waals surface area contributed by atoms with Gasteiger partial charge in [0.2, 0.25) is 6.20 Å². The van der Waals surface area contributed by atoms with Crippen LogP contribution in [0.3, 0.4) is 0 Å².